The third-order valence-electron chi connectivity index (χ3n) is 2.50. The maximum absolute atomic E-state index is 12.4. The van der Waals surface area contributed by atoms with Gasteiger partial charge in [0.2, 0.25) is 10.0 Å². The van der Waals surface area contributed by atoms with Crippen LogP contribution in [0.5, 0.6) is 0 Å². The molecule has 0 fully saturated rings. The second kappa shape index (κ2) is 7.70. The van der Waals surface area contributed by atoms with E-state index >= 15 is 0 Å². The smallest absolute Gasteiger partial charge is 0.244 e. The Bertz CT molecular complexity index is 502. The van der Waals surface area contributed by atoms with Crippen LogP contribution in [0.25, 0.3) is 0 Å². The quantitative estimate of drug-likeness (QED) is 0.709. The molecule has 0 unspecified atom stereocenters. The Morgan fingerprint density at radius 3 is 2.79 bits per heavy atom. The zero-order valence-electron chi connectivity index (χ0n) is 11.3. The van der Waals surface area contributed by atoms with Crippen LogP contribution in [-0.2, 0) is 21.3 Å². The van der Waals surface area contributed by atoms with E-state index in [9.17, 15) is 8.42 Å². The van der Waals surface area contributed by atoms with Gasteiger partial charge in [-0.25, -0.2) is 8.42 Å². The Morgan fingerprint density at radius 2 is 2.21 bits per heavy atom. The summed E-state index contributed by atoms with van der Waals surface area (Å²) in [4.78, 5) is 1.30. The van der Waals surface area contributed by atoms with Crippen LogP contribution in [0.15, 0.2) is 14.7 Å². The van der Waals surface area contributed by atoms with Crippen molar-refractivity contribution in [2.45, 2.75) is 18.4 Å². The standard InChI is InChI=1S/C11H19BrN2O3S2/c1-4-17-6-5-14(3)19(15,16)10-7-9(8-13-2)18-11(10)12/h7,13H,4-6,8H2,1-3H3. The molecule has 19 heavy (non-hydrogen) atoms. The van der Waals surface area contributed by atoms with E-state index in [1.807, 2.05) is 14.0 Å². The predicted octanol–water partition coefficient (Wildman–Crippen LogP) is 1.89. The highest BCUT2D eigenvalue weighted by Gasteiger charge is 2.25. The number of sulfonamides is 1. The van der Waals surface area contributed by atoms with Gasteiger partial charge in [0.05, 0.1) is 10.4 Å². The maximum atomic E-state index is 12.4. The third kappa shape index (κ3) is 4.51. The zero-order chi connectivity index (χ0) is 14.5. The number of halogens is 1. The summed E-state index contributed by atoms with van der Waals surface area (Å²) < 4.78 is 31.9. The molecule has 1 aromatic rings. The second-order valence-corrected chi connectivity index (χ2v) is 8.37. The van der Waals surface area contributed by atoms with Crippen LogP contribution in [-0.4, -0.2) is 46.6 Å². The molecule has 110 valence electrons. The first-order valence-corrected chi connectivity index (χ1v) is 8.95. The van der Waals surface area contributed by atoms with Gasteiger partial charge in [-0.2, -0.15) is 4.31 Å². The van der Waals surface area contributed by atoms with Crippen molar-refractivity contribution in [1.29, 1.82) is 0 Å². The van der Waals surface area contributed by atoms with E-state index in [4.69, 9.17) is 4.74 Å². The van der Waals surface area contributed by atoms with Gasteiger partial charge in [-0.05, 0) is 36.0 Å². The van der Waals surface area contributed by atoms with E-state index in [2.05, 4.69) is 21.2 Å². The first kappa shape index (κ1) is 17.1. The van der Waals surface area contributed by atoms with Gasteiger partial charge in [-0.3, -0.25) is 0 Å². The van der Waals surface area contributed by atoms with Crippen molar-refractivity contribution < 1.29 is 13.2 Å². The fourth-order valence-corrected chi connectivity index (χ4v) is 5.26. The number of likely N-dealkylation sites (N-methyl/N-ethyl adjacent to an activating group) is 1. The van der Waals surface area contributed by atoms with E-state index < -0.39 is 10.0 Å². The lowest BCUT2D eigenvalue weighted by Crippen LogP contribution is -2.30. The van der Waals surface area contributed by atoms with Gasteiger partial charge >= 0.3 is 0 Å². The average Bonchev–Trinajstić information content (AvgIpc) is 2.71. The highest BCUT2D eigenvalue weighted by molar-refractivity contribution is 9.11. The fraction of sp³-hybridized carbons (Fsp3) is 0.636. The number of nitrogens with one attached hydrogen (secondary N) is 1. The minimum Gasteiger partial charge on any atom is -0.380 e. The van der Waals surface area contributed by atoms with Crippen molar-refractivity contribution in [2.24, 2.45) is 0 Å². The summed E-state index contributed by atoms with van der Waals surface area (Å²) in [6.45, 7) is 3.87. The van der Waals surface area contributed by atoms with Crippen LogP contribution >= 0.6 is 27.3 Å². The lowest BCUT2D eigenvalue weighted by molar-refractivity contribution is 0.138. The maximum Gasteiger partial charge on any atom is 0.244 e. The summed E-state index contributed by atoms with van der Waals surface area (Å²) >= 11 is 4.76. The fourth-order valence-electron chi connectivity index (χ4n) is 1.46. The summed E-state index contributed by atoms with van der Waals surface area (Å²) in [7, 11) is -0.0634. The number of thiophene rings is 1. The Balaban J connectivity index is 2.86. The highest BCUT2D eigenvalue weighted by atomic mass is 79.9. The lowest BCUT2D eigenvalue weighted by Gasteiger charge is -2.16. The molecular weight excluding hydrogens is 352 g/mol. The molecule has 1 rings (SSSR count). The van der Waals surface area contributed by atoms with Crippen molar-refractivity contribution >= 4 is 37.3 Å². The van der Waals surface area contributed by atoms with Crippen molar-refractivity contribution in [1.82, 2.24) is 9.62 Å². The van der Waals surface area contributed by atoms with E-state index in [1.54, 1.807) is 13.1 Å². The molecule has 1 N–H and O–H groups in total. The summed E-state index contributed by atoms with van der Waals surface area (Å²) in [6, 6.07) is 1.71. The van der Waals surface area contributed by atoms with Gasteiger partial charge in [-0.15, -0.1) is 11.3 Å². The predicted molar refractivity (Wildman–Crippen MR) is 81.1 cm³/mol. The van der Waals surface area contributed by atoms with Crippen LogP contribution in [0.2, 0.25) is 0 Å². The van der Waals surface area contributed by atoms with Gasteiger partial charge in [0.15, 0.2) is 0 Å². The first-order chi connectivity index (χ1) is 8.93. The summed E-state index contributed by atoms with van der Waals surface area (Å²) in [6.07, 6.45) is 0. The summed E-state index contributed by atoms with van der Waals surface area (Å²) in [5, 5.41) is 3.01. The van der Waals surface area contributed by atoms with E-state index in [1.165, 1.54) is 15.6 Å². The molecule has 0 saturated heterocycles. The highest BCUT2D eigenvalue weighted by Crippen LogP contribution is 2.33. The van der Waals surface area contributed by atoms with Crippen molar-refractivity contribution in [3.05, 3.63) is 14.7 Å². The minimum atomic E-state index is -3.46. The molecular formula is C11H19BrN2O3S2. The molecule has 0 amide bonds. The molecule has 0 aliphatic heterocycles. The Kier molecular flexibility index (Phi) is 6.92. The zero-order valence-corrected chi connectivity index (χ0v) is 14.5. The number of hydrogen-bond acceptors (Lipinski definition) is 5. The van der Waals surface area contributed by atoms with Gasteiger partial charge in [0, 0.05) is 31.6 Å². The molecule has 1 aromatic heterocycles. The first-order valence-electron chi connectivity index (χ1n) is 5.90. The lowest BCUT2D eigenvalue weighted by atomic mass is 10.5. The van der Waals surface area contributed by atoms with Gasteiger partial charge in [0.1, 0.15) is 4.90 Å². The van der Waals surface area contributed by atoms with Gasteiger partial charge < -0.3 is 10.1 Å². The molecule has 0 atom stereocenters. The molecule has 0 bridgehead atoms. The molecule has 8 heteroatoms. The topological polar surface area (TPSA) is 58.6 Å². The molecule has 0 aliphatic rings. The molecule has 1 heterocycles. The Hall–Kier alpha value is 0.01000. The molecule has 0 aliphatic carbocycles. The number of ether oxygens (including phenoxy) is 1. The molecule has 0 radical (unpaired) electrons. The van der Waals surface area contributed by atoms with Gasteiger partial charge in [0.25, 0.3) is 0 Å². The average molecular weight is 371 g/mol. The monoisotopic (exact) mass is 370 g/mol. The van der Waals surface area contributed by atoms with E-state index in [0.29, 0.717) is 35.0 Å². The van der Waals surface area contributed by atoms with Crippen LogP contribution < -0.4 is 5.32 Å². The summed E-state index contributed by atoms with van der Waals surface area (Å²) in [5.41, 5.74) is 0. The van der Waals surface area contributed by atoms with Crippen LogP contribution in [0.1, 0.15) is 11.8 Å². The van der Waals surface area contributed by atoms with Gasteiger partial charge in [-0.1, -0.05) is 0 Å². The Labute approximate surface area is 127 Å². The number of hydrogen-bond donors (Lipinski definition) is 1. The van der Waals surface area contributed by atoms with Crippen LogP contribution in [0, 0.1) is 0 Å². The van der Waals surface area contributed by atoms with Crippen molar-refractivity contribution in [3.8, 4) is 0 Å². The third-order valence-corrected chi connectivity index (χ3v) is 6.61. The van der Waals surface area contributed by atoms with Crippen molar-refractivity contribution in [2.75, 3.05) is 33.9 Å². The second-order valence-electron chi connectivity index (χ2n) is 3.90. The molecule has 0 spiro atoms. The summed E-state index contributed by atoms with van der Waals surface area (Å²) in [5.74, 6) is 0. The van der Waals surface area contributed by atoms with Crippen molar-refractivity contribution in [3.63, 3.8) is 0 Å². The van der Waals surface area contributed by atoms with E-state index in [0.717, 1.165) is 4.88 Å². The number of rotatable bonds is 8. The van der Waals surface area contributed by atoms with Crippen LogP contribution in [0.3, 0.4) is 0 Å². The molecule has 5 nitrogen and oxygen atoms in total. The minimum absolute atomic E-state index is 0.321. The SMILES string of the molecule is CCOCCN(C)S(=O)(=O)c1cc(CNC)sc1Br. The van der Waals surface area contributed by atoms with Crippen LogP contribution in [0.4, 0.5) is 0 Å². The van der Waals surface area contributed by atoms with E-state index in [-0.39, 0.29) is 0 Å². The number of nitrogens with zero attached hydrogens (tertiary/aromatic N) is 1. The normalized spacial score (nSPS) is 12.3. The molecule has 0 aromatic carbocycles. The molecule has 0 saturated carbocycles. The Morgan fingerprint density at radius 1 is 1.53 bits per heavy atom. The largest absolute Gasteiger partial charge is 0.380 e.